The van der Waals surface area contributed by atoms with Crippen molar-refractivity contribution in [3.8, 4) is 0 Å². The molecule has 1 aromatic heterocycles. The van der Waals surface area contributed by atoms with Crippen LogP contribution in [0.15, 0.2) is 42.7 Å². The Labute approximate surface area is 370 Å². The van der Waals surface area contributed by atoms with Crippen LogP contribution in [0.4, 0.5) is 5.69 Å². The van der Waals surface area contributed by atoms with Gasteiger partial charge in [-0.2, -0.15) is 5.10 Å². The zero-order chi connectivity index (χ0) is 47.5. The lowest BCUT2D eigenvalue weighted by Gasteiger charge is -2.39. The second kappa shape index (κ2) is 22.9. The first-order valence-electron chi connectivity index (χ1n) is 20.9. The topological polar surface area (TPSA) is 294 Å². The van der Waals surface area contributed by atoms with E-state index in [1.165, 1.54) is 19.2 Å². The summed E-state index contributed by atoms with van der Waals surface area (Å²) < 4.78 is 23.0. The van der Waals surface area contributed by atoms with Crippen LogP contribution in [0.3, 0.4) is 0 Å². The number of hydrogen-bond acceptors (Lipinski definition) is 15. The number of aryl methyl sites for hydroxylation is 1. The fraction of sp³-hybridized carbons (Fsp3) is 0.581. The second-order valence-electron chi connectivity index (χ2n) is 17.0. The lowest BCUT2D eigenvalue weighted by atomic mass is 9.91. The highest BCUT2D eigenvalue weighted by molar-refractivity contribution is 6.15. The molecule has 1 unspecified atom stereocenters. The molecule has 5 amide bonds. The Morgan fingerprint density at radius 1 is 0.891 bits per heavy atom. The van der Waals surface area contributed by atoms with Crippen LogP contribution >= 0.6 is 0 Å². The molecule has 7 N–H and O–H groups in total. The van der Waals surface area contributed by atoms with Crippen molar-refractivity contribution in [2.75, 3.05) is 32.2 Å². The van der Waals surface area contributed by atoms with Gasteiger partial charge < -0.3 is 55.3 Å². The summed E-state index contributed by atoms with van der Waals surface area (Å²) in [6, 6.07) is 0.970. The van der Waals surface area contributed by atoms with Crippen LogP contribution in [-0.2, 0) is 78.5 Å². The van der Waals surface area contributed by atoms with Crippen molar-refractivity contribution in [1.82, 2.24) is 25.3 Å². The summed E-state index contributed by atoms with van der Waals surface area (Å²) >= 11 is 0. The number of carboxylic acids is 1. The number of aliphatic hydroxyl groups excluding tert-OH is 3. The summed E-state index contributed by atoms with van der Waals surface area (Å²) in [6.45, 7) is 11.2. The van der Waals surface area contributed by atoms with Crippen molar-refractivity contribution in [2.24, 2.45) is 11.3 Å². The molecule has 4 rings (SSSR count). The van der Waals surface area contributed by atoms with E-state index in [1.807, 2.05) is 0 Å². The minimum absolute atomic E-state index is 0.0483. The quantitative estimate of drug-likeness (QED) is 0.0450. The van der Waals surface area contributed by atoms with Crippen molar-refractivity contribution < 1.29 is 72.9 Å². The van der Waals surface area contributed by atoms with Crippen molar-refractivity contribution >= 4 is 47.2 Å². The zero-order valence-electron chi connectivity index (χ0n) is 37.0. The van der Waals surface area contributed by atoms with E-state index in [4.69, 9.17) is 18.9 Å². The van der Waals surface area contributed by atoms with E-state index in [9.17, 15) is 54.0 Å². The molecule has 3 heterocycles. The number of aliphatic carboxylic acids is 1. The first-order valence-corrected chi connectivity index (χ1v) is 20.9. The number of esters is 1. The fourth-order valence-electron chi connectivity index (χ4n) is 6.81. The largest absolute Gasteiger partial charge is 0.479 e. The van der Waals surface area contributed by atoms with Gasteiger partial charge in [-0.25, -0.2) is 4.79 Å². The molecule has 0 saturated carbocycles. The van der Waals surface area contributed by atoms with Crippen LogP contribution in [0.2, 0.25) is 0 Å². The third-order valence-corrected chi connectivity index (χ3v) is 10.6. The Hall–Kier alpha value is -5.58. The van der Waals surface area contributed by atoms with Crippen LogP contribution in [0.25, 0.3) is 0 Å². The molecule has 1 aromatic carbocycles. The highest BCUT2D eigenvalue weighted by Crippen LogP contribution is 2.27. The number of carbonyl (C=O) groups is 7. The van der Waals surface area contributed by atoms with Gasteiger partial charge in [0.15, 0.2) is 6.10 Å². The van der Waals surface area contributed by atoms with Gasteiger partial charge in [0.1, 0.15) is 43.0 Å². The number of rotatable bonds is 22. The summed E-state index contributed by atoms with van der Waals surface area (Å²) in [6.07, 6.45) is -3.11. The molecule has 64 heavy (non-hydrogen) atoms. The normalized spacial score (nSPS) is 21.4. The number of nitrogens with zero attached hydrogens (tertiary/aromatic N) is 3. The maximum Gasteiger partial charge on any atom is 0.335 e. The lowest BCUT2D eigenvalue weighted by molar-refractivity contribution is -0.228. The molecule has 2 aliphatic heterocycles. The molecule has 2 aliphatic rings. The first-order chi connectivity index (χ1) is 30.1. The molecule has 0 radical (unpaired) electrons. The number of methoxy groups -OCH3 is 1. The molecule has 21 heteroatoms. The Kier molecular flexibility index (Phi) is 18.2. The molecule has 1 saturated heterocycles. The number of amides is 5. The Morgan fingerprint density at radius 3 is 2.20 bits per heavy atom. The first kappa shape index (κ1) is 51.1. The molecule has 0 bridgehead atoms. The highest BCUT2D eigenvalue weighted by Gasteiger charge is 2.46. The SMILES string of the molecule is COCCOCCn1cc(CC(C(=O)N[C@H](C(=O)N[C@@H](C)C(=O)Nc2ccc(COC(=O)C(C)(C)C)c(CC[C@@H]3O[C@H](C(=O)O)[C@@H](O)[C@H](O)[C@H]3O)c2)C(C)C)N2C(=O)C=CC2=O)cn1. The number of aliphatic hydroxyl groups is 3. The highest BCUT2D eigenvalue weighted by atomic mass is 16.6. The van der Waals surface area contributed by atoms with Crippen molar-refractivity contribution in [2.45, 2.75) is 123 Å². The minimum atomic E-state index is -1.87. The van der Waals surface area contributed by atoms with Crippen LogP contribution in [0.5, 0.6) is 0 Å². The van der Waals surface area contributed by atoms with Gasteiger partial charge in [-0.05, 0) is 75.3 Å². The van der Waals surface area contributed by atoms with Crippen LogP contribution < -0.4 is 16.0 Å². The van der Waals surface area contributed by atoms with Gasteiger partial charge >= 0.3 is 11.9 Å². The molecule has 0 spiro atoms. The summed E-state index contributed by atoms with van der Waals surface area (Å²) in [7, 11) is 1.56. The third-order valence-electron chi connectivity index (χ3n) is 10.6. The number of aromatic nitrogens is 2. The lowest BCUT2D eigenvalue weighted by Crippen LogP contribution is -2.59. The summed E-state index contributed by atoms with van der Waals surface area (Å²) in [5.74, 6) is -6.11. The monoisotopic (exact) mass is 900 g/mol. The fourth-order valence-corrected chi connectivity index (χ4v) is 6.81. The van der Waals surface area contributed by atoms with E-state index in [1.54, 1.807) is 64.7 Å². The number of benzene rings is 1. The van der Waals surface area contributed by atoms with Gasteiger partial charge in [0.2, 0.25) is 17.7 Å². The number of hydrogen-bond donors (Lipinski definition) is 7. The Morgan fingerprint density at radius 2 is 1.58 bits per heavy atom. The maximum absolute atomic E-state index is 13.9. The predicted octanol–water partition coefficient (Wildman–Crippen LogP) is -0.377. The van der Waals surface area contributed by atoms with Crippen LogP contribution in [-0.4, -0.2) is 152 Å². The molecule has 352 valence electrons. The van der Waals surface area contributed by atoms with E-state index in [0.29, 0.717) is 43.1 Å². The average Bonchev–Trinajstić information content (AvgIpc) is 3.83. The molecule has 1 fully saturated rings. The number of anilines is 1. The third kappa shape index (κ3) is 13.7. The van der Waals surface area contributed by atoms with E-state index < -0.39 is 101 Å². The van der Waals surface area contributed by atoms with Crippen molar-refractivity contribution in [1.29, 1.82) is 0 Å². The van der Waals surface area contributed by atoms with Crippen molar-refractivity contribution in [3.05, 3.63) is 59.4 Å². The van der Waals surface area contributed by atoms with Gasteiger partial charge in [-0.3, -0.25) is 38.3 Å². The van der Waals surface area contributed by atoms with Gasteiger partial charge in [0.05, 0.1) is 44.1 Å². The smallest absolute Gasteiger partial charge is 0.335 e. The van der Waals surface area contributed by atoms with Gasteiger partial charge in [-0.15, -0.1) is 0 Å². The number of carboxylic acid groups (broad SMARTS) is 1. The molecular formula is C43H60N6O15. The Balaban J connectivity index is 1.46. The number of imide groups is 1. The summed E-state index contributed by atoms with van der Waals surface area (Å²) in [4.78, 5) is 91.8. The summed E-state index contributed by atoms with van der Waals surface area (Å²) in [5.41, 5.74) is 0.986. The van der Waals surface area contributed by atoms with E-state index in [2.05, 4.69) is 21.0 Å². The van der Waals surface area contributed by atoms with Gasteiger partial charge in [-0.1, -0.05) is 19.9 Å². The maximum atomic E-state index is 13.9. The van der Waals surface area contributed by atoms with Crippen molar-refractivity contribution in [3.63, 3.8) is 0 Å². The van der Waals surface area contributed by atoms with Crippen LogP contribution in [0, 0.1) is 11.3 Å². The summed E-state index contributed by atoms with van der Waals surface area (Å²) in [5, 5.41) is 52.8. The molecule has 2 aromatic rings. The molecular weight excluding hydrogens is 840 g/mol. The minimum Gasteiger partial charge on any atom is -0.479 e. The number of carbonyl (C=O) groups excluding carboxylic acids is 6. The van der Waals surface area contributed by atoms with E-state index in [0.717, 1.165) is 17.1 Å². The zero-order valence-corrected chi connectivity index (χ0v) is 37.0. The average molecular weight is 901 g/mol. The molecule has 8 atom stereocenters. The predicted molar refractivity (Wildman–Crippen MR) is 225 cm³/mol. The second-order valence-corrected chi connectivity index (χ2v) is 17.0. The van der Waals surface area contributed by atoms with E-state index >= 15 is 0 Å². The van der Waals surface area contributed by atoms with E-state index in [-0.39, 0.29) is 31.6 Å². The standard InChI is InChI=1S/C43H60N6O15/c1-23(2)33(47-39(56)29(49-31(50)12-13-32(49)51)18-25-20-44-48(21-25)14-15-62-17-16-61-7)40(57)45-24(3)38(55)46-28-10-8-27(22-63-42(60)43(4,5)6)26(19-28)9-11-30-34(52)35(53)36(54)37(64-30)41(58)59/h8,10,12-13,19-21,23-24,29-30,33-37,52-54H,9,11,14-18,22H2,1-7H3,(H,45,57)(H,46,55)(H,47,56)(H,58,59)/t24-,29?,30-,33-,34-,35+,36-,37-/m0/s1. The Bertz CT molecular complexity index is 2010. The molecule has 0 aliphatic carbocycles. The number of ether oxygens (including phenoxy) is 4. The molecule has 21 nitrogen and oxygen atoms in total. The van der Waals surface area contributed by atoms with Crippen LogP contribution in [0.1, 0.15) is 64.7 Å². The van der Waals surface area contributed by atoms with Gasteiger partial charge in [0.25, 0.3) is 11.8 Å². The van der Waals surface area contributed by atoms with Gasteiger partial charge in [0, 0.05) is 37.6 Å². The number of nitrogens with one attached hydrogen (secondary N) is 3.